The first-order chi connectivity index (χ1) is 14.0. The van der Waals surface area contributed by atoms with Crippen LogP contribution in [0.25, 0.3) is 10.9 Å². The van der Waals surface area contributed by atoms with Crippen molar-refractivity contribution in [1.82, 2.24) is 14.2 Å². The number of nitrogens with one attached hydrogen (secondary N) is 2. The molecule has 29 heavy (non-hydrogen) atoms. The number of anilines is 1. The van der Waals surface area contributed by atoms with Gasteiger partial charge in [0.15, 0.2) is 5.69 Å². The Bertz CT molecular complexity index is 1170. The quantitative estimate of drug-likeness (QED) is 0.422. The molecule has 0 saturated carbocycles. The average Bonchev–Trinajstić information content (AvgIpc) is 3.36. The van der Waals surface area contributed by atoms with Crippen molar-refractivity contribution < 1.29 is 9.18 Å². The lowest BCUT2D eigenvalue weighted by Crippen LogP contribution is -2.13. The summed E-state index contributed by atoms with van der Waals surface area (Å²) in [5.74, 6) is -0.544. The lowest BCUT2D eigenvalue weighted by molar-refractivity contribution is 0.102. The molecular formula is C22H21FN4OS. The van der Waals surface area contributed by atoms with Crippen LogP contribution in [0, 0.1) is 5.82 Å². The molecule has 4 rings (SSSR count). The van der Waals surface area contributed by atoms with Crippen molar-refractivity contribution in [2.75, 3.05) is 5.32 Å². The van der Waals surface area contributed by atoms with Crippen molar-refractivity contribution in [2.24, 2.45) is 0 Å². The van der Waals surface area contributed by atoms with Gasteiger partial charge in [-0.3, -0.25) is 4.79 Å². The number of fused-ring (bicyclic) bond motifs is 1. The maximum absolute atomic E-state index is 14.3. The molecular weight excluding hydrogens is 387 g/mol. The number of hydrogen-bond acceptors (Lipinski definition) is 3. The molecule has 0 aliphatic heterocycles. The van der Waals surface area contributed by atoms with Gasteiger partial charge in [-0.25, -0.2) is 8.48 Å². The second kappa shape index (κ2) is 8.13. The Balaban J connectivity index is 1.44. The second-order valence-corrected chi connectivity index (χ2v) is 7.95. The molecule has 0 saturated heterocycles. The predicted octanol–water partition coefficient (Wildman–Crippen LogP) is 5.82. The van der Waals surface area contributed by atoms with Crippen LogP contribution in [-0.2, 0) is 0 Å². The molecule has 0 fully saturated rings. The van der Waals surface area contributed by atoms with Crippen LogP contribution in [0.1, 0.15) is 42.2 Å². The first kappa shape index (κ1) is 19.3. The molecule has 2 N–H and O–H groups in total. The smallest absolute Gasteiger partial charge is 0.276 e. The largest absolute Gasteiger partial charge is 0.361 e. The Kier molecular flexibility index (Phi) is 5.40. The zero-order valence-corrected chi connectivity index (χ0v) is 17.0. The highest BCUT2D eigenvalue weighted by Gasteiger charge is 2.14. The summed E-state index contributed by atoms with van der Waals surface area (Å²) in [6.07, 6.45) is 4.48. The number of carbonyl (C=O) groups is 1. The molecule has 0 aliphatic rings. The molecule has 0 bridgehead atoms. The average molecular weight is 409 g/mol. The van der Waals surface area contributed by atoms with Crippen molar-refractivity contribution in [2.45, 2.75) is 31.1 Å². The van der Waals surface area contributed by atoms with Crippen LogP contribution in [0.15, 0.2) is 65.8 Å². The number of rotatable bonds is 6. The van der Waals surface area contributed by atoms with Gasteiger partial charge in [0.05, 0.1) is 0 Å². The van der Waals surface area contributed by atoms with E-state index in [0.717, 1.165) is 22.2 Å². The Hall–Kier alpha value is -3.06. The van der Waals surface area contributed by atoms with E-state index in [-0.39, 0.29) is 23.3 Å². The monoisotopic (exact) mass is 408 g/mol. The van der Waals surface area contributed by atoms with Crippen LogP contribution < -0.4 is 5.32 Å². The van der Waals surface area contributed by atoms with Gasteiger partial charge < -0.3 is 10.3 Å². The molecule has 2 heterocycles. The number of halogens is 1. The first-order valence-electron chi connectivity index (χ1n) is 9.45. The van der Waals surface area contributed by atoms with E-state index in [0.29, 0.717) is 11.3 Å². The molecule has 7 heteroatoms. The number of nitrogens with zero attached hydrogens (tertiary/aromatic N) is 2. The SMILES string of the molecule is CCC(C)c1ccc(NC(=O)c2ccn(Sc3ccc4[nH]ccc4c3)n2)cc1F. The first-order valence-corrected chi connectivity index (χ1v) is 10.2. The minimum Gasteiger partial charge on any atom is -0.361 e. The van der Waals surface area contributed by atoms with Gasteiger partial charge in [-0.05, 0) is 60.4 Å². The van der Waals surface area contributed by atoms with Gasteiger partial charge >= 0.3 is 0 Å². The highest BCUT2D eigenvalue weighted by molar-refractivity contribution is 7.97. The highest BCUT2D eigenvalue weighted by Crippen LogP contribution is 2.26. The minimum atomic E-state index is -0.374. The fourth-order valence-corrected chi connectivity index (χ4v) is 3.87. The molecule has 4 aromatic rings. The standard InChI is InChI=1S/C22H21FN4OS/c1-3-14(2)18-6-4-16(13-19(18)23)25-22(28)21-9-11-27(26-21)29-17-5-7-20-15(12-17)8-10-24-20/h4-14,24H,3H2,1-2H3,(H,25,28). The Morgan fingerprint density at radius 3 is 2.90 bits per heavy atom. The number of aromatic nitrogens is 3. The van der Waals surface area contributed by atoms with E-state index in [1.54, 1.807) is 28.5 Å². The summed E-state index contributed by atoms with van der Waals surface area (Å²) in [6.45, 7) is 4.00. The van der Waals surface area contributed by atoms with Crippen LogP contribution in [0.5, 0.6) is 0 Å². The number of aromatic amines is 1. The van der Waals surface area contributed by atoms with Gasteiger partial charge in [0.1, 0.15) is 5.82 Å². The van der Waals surface area contributed by atoms with Crippen LogP contribution in [0.4, 0.5) is 10.1 Å². The topological polar surface area (TPSA) is 62.7 Å². The maximum atomic E-state index is 14.3. The zero-order valence-electron chi connectivity index (χ0n) is 16.1. The summed E-state index contributed by atoms with van der Waals surface area (Å²) >= 11 is 1.41. The molecule has 2 aromatic carbocycles. The van der Waals surface area contributed by atoms with Gasteiger partial charge in [-0.1, -0.05) is 19.9 Å². The van der Waals surface area contributed by atoms with Crippen molar-refractivity contribution in [3.63, 3.8) is 0 Å². The van der Waals surface area contributed by atoms with E-state index < -0.39 is 0 Å². The van der Waals surface area contributed by atoms with Crippen molar-refractivity contribution in [3.05, 3.63) is 78.0 Å². The summed E-state index contributed by atoms with van der Waals surface area (Å²) in [4.78, 5) is 16.7. The minimum absolute atomic E-state index is 0.137. The van der Waals surface area contributed by atoms with Crippen molar-refractivity contribution in [1.29, 1.82) is 0 Å². The predicted molar refractivity (Wildman–Crippen MR) is 115 cm³/mol. The number of hydrogen-bond donors (Lipinski definition) is 2. The normalized spacial score (nSPS) is 12.2. The van der Waals surface area contributed by atoms with E-state index in [4.69, 9.17) is 0 Å². The number of amides is 1. The van der Waals surface area contributed by atoms with E-state index in [1.165, 1.54) is 18.0 Å². The summed E-state index contributed by atoms with van der Waals surface area (Å²) in [7, 11) is 0. The summed E-state index contributed by atoms with van der Waals surface area (Å²) in [5.41, 5.74) is 2.42. The van der Waals surface area contributed by atoms with Gasteiger partial charge in [0.25, 0.3) is 5.91 Å². The third-order valence-electron chi connectivity index (χ3n) is 4.92. The Morgan fingerprint density at radius 2 is 2.10 bits per heavy atom. The molecule has 0 radical (unpaired) electrons. The van der Waals surface area contributed by atoms with E-state index in [9.17, 15) is 9.18 Å². The highest BCUT2D eigenvalue weighted by atomic mass is 32.2. The van der Waals surface area contributed by atoms with Crippen LogP contribution >= 0.6 is 11.9 Å². The van der Waals surface area contributed by atoms with Gasteiger partial charge in [0.2, 0.25) is 0 Å². The Labute approximate surface area is 172 Å². The molecule has 1 amide bonds. The molecule has 2 aromatic heterocycles. The maximum Gasteiger partial charge on any atom is 0.276 e. The lowest BCUT2D eigenvalue weighted by atomic mass is 9.98. The molecule has 5 nitrogen and oxygen atoms in total. The van der Waals surface area contributed by atoms with Crippen LogP contribution in [-0.4, -0.2) is 20.1 Å². The molecule has 1 unspecified atom stereocenters. The summed E-state index contributed by atoms with van der Waals surface area (Å²) in [5, 5.41) is 8.14. The molecule has 148 valence electrons. The van der Waals surface area contributed by atoms with Crippen molar-refractivity contribution in [3.8, 4) is 0 Å². The number of benzene rings is 2. The third-order valence-corrected chi connectivity index (χ3v) is 5.78. The van der Waals surface area contributed by atoms with E-state index in [2.05, 4.69) is 21.5 Å². The molecule has 0 aliphatic carbocycles. The van der Waals surface area contributed by atoms with Crippen LogP contribution in [0.3, 0.4) is 0 Å². The summed E-state index contributed by atoms with van der Waals surface area (Å²) < 4.78 is 15.9. The number of carbonyl (C=O) groups excluding carboxylic acids is 1. The van der Waals surface area contributed by atoms with Gasteiger partial charge in [-0.15, -0.1) is 0 Å². The third kappa shape index (κ3) is 4.19. The molecule has 1 atom stereocenters. The fraction of sp³-hybridized carbons (Fsp3) is 0.182. The van der Waals surface area contributed by atoms with E-state index >= 15 is 0 Å². The molecule has 0 spiro atoms. The second-order valence-electron chi connectivity index (χ2n) is 6.92. The van der Waals surface area contributed by atoms with Gasteiger partial charge in [0, 0.05) is 45.8 Å². The Morgan fingerprint density at radius 1 is 1.24 bits per heavy atom. The van der Waals surface area contributed by atoms with Crippen LogP contribution in [0.2, 0.25) is 0 Å². The zero-order chi connectivity index (χ0) is 20.4. The van der Waals surface area contributed by atoms with Crippen molar-refractivity contribution >= 4 is 34.4 Å². The summed E-state index contributed by atoms with van der Waals surface area (Å²) in [6, 6.07) is 14.5. The van der Waals surface area contributed by atoms with Gasteiger partial charge in [-0.2, -0.15) is 5.10 Å². The lowest BCUT2D eigenvalue weighted by Gasteiger charge is -2.11. The number of H-pyrrole nitrogens is 1. The fourth-order valence-electron chi connectivity index (χ4n) is 3.09. The van der Waals surface area contributed by atoms with E-state index in [1.807, 2.05) is 38.2 Å².